The average molecular weight is 141 g/mol. The van der Waals surface area contributed by atoms with Crippen LogP contribution in [0.4, 0.5) is 0 Å². The van der Waals surface area contributed by atoms with Gasteiger partial charge < -0.3 is 9.64 Å². The summed E-state index contributed by atoms with van der Waals surface area (Å²) < 4.78 is 5.02. The van der Waals surface area contributed by atoms with E-state index in [1.165, 1.54) is 4.90 Å². The molecule has 0 bridgehead atoms. The number of nitrogens with zero attached hydrogens (tertiary/aromatic N) is 1. The highest BCUT2D eigenvalue weighted by Gasteiger charge is 2.41. The van der Waals surface area contributed by atoms with E-state index in [1.807, 2.05) is 0 Å². The summed E-state index contributed by atoms with van der Waals surface area (Å²) in [6, 6.07) is 0. The molecule has 4 nitrogen and oxygen atoms in total. The highest BCUT2D eigenvalue weighted by Crippen LogP contribution is 2.22. The summed E-state index contributed by atoms with van der Waals surface area (Å²) in [5.41, 5.74) is 0. The lowest BCUT2D eigenvalue weighted by atomic mass is 10.1. The number of carbonyl (C=O) groups is 2. The van der Waals surface area contributed by atoms with Crippen molar-refractivity contribution < 1.29 is 14.3 Å². The maximum absolute atomic E-state index is 10.7. The molecule has 2 saturated heterocycles. The van der Waals surface area contributed by atoms with Crippen molar-refractivity contribution in [1.82, 2.24) is 4.90 Å². The highest BCUT2D eigenvalue weighted by atomic mass is 16.5. The van der Waals surface area contributed by atoms with Crippen LogP contribution in [0.3, 0.4) is 0 Å². The minimum atomic E-state index is -0.0924. The van der Waals surface area contributed by atoms with Gasteiger partial charge in [-0.15, -0.1) is 0 Å². The molecule has 0 aromatic carbocycles. The van der Waals surface area contributed by atoms with Crippen LogP contribution in [0.25, 0.3) is 0 Å². The van der Waals surface area contributed by atoms with E-state index in [9.17, 15) is 9.59 Å². The van der Waals surface area contributed by atoms with Gasteiger partial charge in [0.2, 0.25) is 5.91 Å². The topological polar surface area (TPSA) is 46.6 Å². The Morgan fingerprint density at radius 3 is 2.90 bits per heavy atom. The SMILES string of the molecule is O=C1COC2CC(=O)N2C1. The summed E-state index contributed by atoms with van der Waals surface area (Å²) in [6.45, 7) is 0.429. The number of fused-ring (bicyclic) bond motifs is 1. The normalized spacial score (nSPS) is 31.6. The summed E-state index contributed by atoms with van der Waals surface area (Å²) in [4.78, 5) is 22.8. The molecule has 0 aromatic rings. The molecule has 2 aliphatic heterocycles. The predicted molar refractivity (Wildman–Crippen MR) is 31.1 cm³/mol. The molecule has 0 saturated carbocycles. The fourth-order valence-corrected chi connectivity index (χ4v) is 1.19. The molecule has 1 atom stereocenters. The number of ether oxygens (including phenoxy) is 1. The first-order valence-electron chi connectivity index (χ1n) is 3.20. The maximum atomic E-state index is 10.7. The third-order valence-corrected chi connectivity index (χ3v) is 1.80. The van der Waals surface area contributed by atoms with Crippen molar-refractivity contribution in [3.8, 4) is 0 Å². The third-order valence-electron chi connectivity index (χ3n) is 1.80. The van der Waals surface area contributed by atoms with Crippen LogP contribution in [0.1, 0.15) is 6.42 Å². The molecule has 1 unspecified atom stereocenters. The minimum absolute atomic E-state index is 0.00991. The van der Waals surface area contributed by atoms with E-state index in [0.29, 0.717) is 6.42 Å². The molecule has 10 heavy (non-hydrogen) atoms. The third kappa shape index (κ3) is 0.654. The molecule has 0 spiro atoms. The molecule has 1 amide bonds. The van der Waals surface area contributed by atoms with Gasteiger partial charge in [-0.1, -0.05) is 0 Å². The Morgan fingerprint density at radius 2 is 2.30 bits per heavy atom. The number of rotatable bonds is 0. The Hall–Kier alpha value is -0.900. The molecule has 0 aliphatic carbocycles. The van der Waals surface area contributed by atoms with Crippen molar-refractivity contribution >= 4 is 11.7 Å². The van der Waals surface area contributed by atoms with Gasteiger partial charge in [-0.2, -0.15) is 0 Å². The molecule has 0 aromatic heterocycles. The molecule has 2 heterocycles. The Kier molecular flexibility index (Phi) is 1.05. The van der Waals surface area contributed by atoms with E-state index in [1.54, 1.807) is 0 Å². The first kappa shape index (κ1) is 5.85. The lowest BCUT2D eigenvalue weighted by molar-refractivity contribution is -0.188. The number of carbonyl (C=O) groups excluding carboxylic acids is 2. The predicted octanol–water partition coefficient (Wildman–Crippen LogP) is -0.856. The second-order valence-electron chi connectivity index (χ2n) is 2.53. The van der Waals surface area contributed by atoms with E-state index >= 15 is 0 Å². The molecular weight excluding hydrogens is 134 g/mol. The zero-order valence-electron chi connectivity index (χ0n) is 5.37. The Balaban J connectivity index is 2.07. The molecule has 2 fully saturated rings. The summed E-state index contributed by atoms with van der Waals surface area (Å²) in [5, 5.41) is 0. The van der Waals surface area contributed by atoms with Crippen molar-refractivity contribution in [1.29, 1.82) is 0 Å². The smallest absolute Gasteiger partial charge is 0.229 e. The molecule has 2 aliphatic rings. The van der Waals surface area contributed by atoms with Crippen molar-refractivity contribution in [3.63, 3.8) is 0 Å². The van der Waals surface area contributed by atoms with Gasteiger partial charge in [0.1, 0.15) is 12.8 Å². The van der Waals surface area contributed by atoms with Crippen LogP contribution in [-0.2, 0) is 14.3 Å². The van der Waals surface area contributed by atoms with Gasteiger partial charge in [-0.05, 0) is 0 Å². The van der Waals surface area contributed by atoms with Gasteiger partial charge in [0.15, 0.2) is 5.78 Å². The van der Waals surface area contributed by atoms with Gasteiger partial charge in [0, 0.05) is 0 Å². The number of amides is 1. The van der Waals surface area contributed by atoms with Crippen molar-refractivity contribution in [2.45, 2.75) is 12.6 Å². The second-order valence-corrected chi connectivity index (χ2v) is 2.53. The van der Waals surface area contributed by atoms with Crippen LogP contribution in [0, 0.1) is 0 Å². The average Bonchev–Trinajstić information content (AvgIpc) is 1.92. The molecule has 0 N–H and O–H groups in total. The molecule has 0 radical (unpaired) electrons. The van der Waals surface area contributed by atoms with E-state index in [2.05, 4.69) is 0 Å². The van der Waals surface area contributed by atoms with Crippen molar-refractivity contribution in [2.24, 2.45) is 0 Å². The zero-order valence-corrected chi connectivity index (χ0v) is 5.37. The Labute approximate surface area is 57.7 Å². The van der Waals surface area contributed by atoms with E-state index in [0.717, 1.165) is 0 Å². The number of hydrogen-bond donors (Lipinski definition) is 0. The monoisotopic (exact) mass is 141 g/mol. The van der Waals surface area contributed by atoms with Gasteiger partial charge in [0.25, 0.3) is 0 Å². The Bertz CT molecular complexity index is 195. The van der Waals surface area contributed by atoms with Crippen LogP contribution in [0.2, 0.25) is 0 Å². The number of β-lactam (4-membered cyclic amide) rings is 1. The van der Waals surface area contributed by atoms with Crippen molar-refractivity contribution in [2.75, 3.05) is 13.2 Å². The molecular formula is C6H7NO3. The fourth-order valence-electron chi connectivity index (χ4n) is 1.19. The maximum Gasteiger partial charge on any atom is 0.229 e. The van der Waals surface area contributed by atoms with Crippen LogP contribution >= 0.6 is 0 Å². The van der Waals surface area contributed by atoms with E-state index < -0.39 is 0 Å². The summed E-state index contributed by atoms with van der Waals surface area (Å²) in [5.74, 6) is 0.0161. The van der Waals surface area contributed by atoms with Crippen molar-refractivity contribution in [3.05, 3.63) is 0 Å². The van der Waals surface area contributed by atoms with Crippen LogP contribution in [0.15, 0.2) is 0 Å². The van der Waals surface area contributed by atoms with Gasteiger partial charge in [0.05, 0.1) is 13.0 Å². The van der Waals surface area contributed by atoms with Gasteiger partial charge in [-0.25, -0.2) is 0 Å². The van der Waals surface area contributed by atoms with Crippen LogP contribution in [-0.4, -0.2) is 36.0 Å². The first-order valence-corrected chi connectivity index (χ1v) is 3.20. The number of Topliss-reactive ketones (excluding diaryl/α,β-unsaturated/α-hetero) is 1. The molecule has 54 valence electrons. The number of hydrogen-bond acceptors (Lipinski definition) is 3. The van der Waals surface area contributed by atoms with Gasteiger partial charge >= 0.3 is 0 Å². The highest BCUT2D eigenvalue weighted by molar-refractivity contribution is 5.91. The standard InChI is InChI=1S/C6H7NO3/c8-4-2-7-5(9)1-6(7)10-3-4/h6H,1-3H2. The summed E-state index contributed by atoms with van der Waals surface area (Å²) >= 11 is 0. The largest absolute Gasteiger partial charge is 0.350 e. The lowest BCUT2D eigenvalue weighted by Crippen LogP contribution is -2.59. The fraction of sp³-hybridized carbons (Fsp3) is 0.667. The lowest BCUT2D eigenvalue weighted by Gasteiger charge is -2.42. The van der Waals surface area contributed by atoms with E-state index in [4.69, 9.17) is 4.74 Å². The van der Waals surface area contributed by atoms with Gasteiger partial charge in [-0.3, -0.25) is 9.59 Å². The first-order chi connectivity index (χ1) is 4.77. The quantitative estimate of drug-likeness (QED) is 0.412. The zero-order chi connectivity index (χ0) is 7.14. The minimum Gasteiger partial charge on any atom is -0.350 e. The molecule has 4 heteroatoms. The number of ketones is 1. The summed E-state index contributed by atoms with van der Waals surface area (Å²) in [6.07, 6.45) is 0.359. The Morgan fingerprint density at radius 1 is 1.50 bits per heavy atom. The summed E-state index contributed by atoms with van der Waals surface area (Å²) in [7, 11) is 0. The second kappa shape index (κ2) is 1.79. The van der Waals surface area contributed by atoms with E-state index in [-0.39, 0.29) is 31.1 Å². The molecule has 2 rings (SSSR count). The van der Waals surface area contributed by atoms with Crippen LogP contribution in [0.5, 0.6) is 0 Å². The van der Waals surface area contributed by atoms with Crippen LogP contribution < -0.4 is 0 Å².